The highest BCUT2D eigenvalue weighted by molar-refractivity contribution is 7.98. The molecule has 0 amide bonds. The molecule has 0 aliphatic carbocycles. The van der Waals surface area contributed by atoms with Crippen LogP contribution in [0.25, 0.3) is 0 Å². The van der Waals surface area contributed by atoms with E-state index in [2.05, 4.69) is 6.58 Å². The Bertz CT molecular complexity index is 156. The van der Waals surface area contributed by atoms with Crippen molar-refractivity contribution in [2.45, 2.75) is 13.3 Å². The molecule has 64 valence electrons. The molecule has 0 rings (SSSR count). The molecule has 0 aliphatic heterocycles. The molecule has 1 atom stereocenters. The van der Waals surface area contributed by atoms with E-state index in [4.69, 9.17) is 5.11 Å². The van der Waals surface area contributed by atoms with Gasteiger partial charge in [0.15, 0.2) is 0 Å². The molecule has 0 spiro atoms. The summed E-state index contributed by atoms with van der Waals surface area (Å²) in [5.74, 6) is 0.0657. The first-order valence-electron chi connectivity index (χ1n) is 3.43. The van der Waals surface area contributed by atoms with Crippen LogP contribution in [0.15, 0.2) is 12.7 Å². The molecule has 0 aromatic rings. The Morgan fingerprint density at radius 2 is 2.36 bits per heavy atom. The molecule has 0 bridgehead atoms. The lowest BCUT2D eigenvalue weighted by molar-refractivity contribution is -0.145. The number of aliphatic carboxylic acids is 1. The molecule has 0 aliphatic rings. The zero-order valence-electron chi connectivity index (χ0n) is 6.96. The van der Waals surface area contributed by atoms with E-state index in [1.54, 1.807) is 18.7 Å². The monoisotopic (exact) mass is 174 g/mol. The fraction of sp³-hybridized carbons (Fsp3) is 0.625. The van der Waals surface area contributed by atoms with E-state index in [0.29, 0.717) is 6.42 Å². The molecule has 11 heavy (non-hydrogen) atoms. The van der Waals surface area contributed by atoms with E-state index in [1.165, 1.54) is 6.08 Å². The van der Waals surface area contributed by atoms with Gasteiger partial charge in [-0.1, -0.05) is 6.08 Å². The number of hydrogen-bond donors (Lipinski definition) is 1. The van der Waals surface area contributed by atoms with Crippen molar-refractivity contribution in [2.24, 2.45) is 5.41 Å². The van der Waals surface area contributed by atoms with Crippen molar-refractivity contribution in [1.82, 2.24) is 0 Å². The van der Waals surface area contributed by atoms with Crippen LogP contribution in [0.4, 0.5) is 0 Å². The van der Waals surface area contributed by atoms with Gasteiger partial charge in [-0.15, -0.1) is 6.58 Å². The second-order valence-electron chi connectivity index (χ2n) is 2.67. The number of carbonyl (C=O) groups is 1. The summed E-state index contributed by atoms with van der Waals surface area (Å²) in [6.07, 6.45) is 4.11. The molecule has 0 heterocycles. The quantitative estimate of drug-likeness (QED) is 0.648. The first-order valence-corrected chi connectivity index (χ1v) is 4.82. The molecule has 1 N–H and O–H groups in total. The Morgan fingerprint density at radius 1 is 1.82 bits per heavy atom. The average Bonchev–Trinajstić information content (AvgIpc) is 2.00. The third-order valence-electron chi connectivity index (χ3n) is 1.76. The molecule has 2 nitrogen and oxygen atoms in total. The smallest absolute Gasteiger partial charge is 0.313 e. The van der Waals surface area contributed by atoms with Gasteiger partial charge < -0.3 is 5.11 Å². The van der Waals surface area contributed by atoms with Crippen molar-refractivity contribution in [3.05, 3.63) is 12.7 Å². The number of carboxylic acids is 1. The van der Waals surface area contributed by atoms with Crippen LogP contribution < -0.4 is 0 Å². The van der Waals surface area contributed by atoms with Crippen LogP contribution in [0.2, 0.25) is 0 Å². The largest absolute Gasteiger partial charge is 0.481 e. The minimum Gasteiger partial charge on any atom is -0.481 e. The van der Waals surface area contributed by atoms with Crippen LogP contribution in [0, 0.1) is 5.41 Å². The molecule has 0 saturated heterocycles. The SMILES string of the molecule is C=CC(C)(CCSC)C(=O)O. The Balaban J connectivity index is 4.10. The van der Waals surface area contributed by atoms with E-state index in [-0.39, 0.29) is 0 Å². The second kappa shape index (κ2) is 4.44. The summed E-state index contributed by atoms with van der Waals surface area (Å²) in [5.41, 5.74) is -0.747. The maximum absolute atomic E-state index is 10.7. The van der Waals surface area contributed by atoms with Gasteiger partial charge in [0.1, 0.15) is 0 Å². The van der Waals surface area contributed by atoms with Crippen LogP contribution in [0.3, 0.4) is 0 Å². The third-order valence-corrected chi connectivity index (χ3v) is 2.38. The summed E-state index contributed by atoms with van der Waals surface area (Å²) < 4.78 is 0. The van der Waals surface area contributed by atoms with Gasteiger partial charge in [-0.3, -0.25) is 4.79 Å². The summed E-state index contributed by atoms with van der Waals surface area (Å²) in [4.78, 5) is 10.7. The molecular weight excluding hydrogens is 160 g/mol. The summed E-state index contributed by atoms with van der Waals surface area (Å²) in [6, 6.07) is 0. The summed E-state index contributed by atoms with van der Waals surface area (Å²) in [7, 11) is 0. The second-order valence-corrected chi connectivity index (χ2v) is 3.66. The molecule has 0 fully saturated rings. The van der Waals surface area contributed by atoms with Crippen molar-refractivity contribution >= 4 is 17.7 Å². The summed E-state index contributed by atoms with van der Waals surface area (Å²) >= 11 is 1.65. The van der Waals surface area contributed by atoms with E-state index >= 15 is 0 Å². The maximum atomic E-state index is 10.7. The predicted octanol–water partition coefficient (Wildman–Crippen LogP) is 2.02. The minimum absolute atomic E-state index is 0.646. The lowest BCUT2D eigenvalue weighted by atomic mass is 9.88. The normalized spacial score (nSPS) is 15.5. The van der Waals surface area contributed by atoms with Gasteiger partial charge in [-0.05, 0) is 25.4 Å². The molecule has 0 radical (unpaired) electrons. The third kappa shape index (κ3) is 2.97. The highest BCUT2D eigenvalue weighted by Crippen LogP contribution is 2.24. The molecule has 3 heteroatoms. The standard InChI is InChI=1S/C8H14O2S/c1-4-8(2,7(9)10)5-6-11-3/h4H,1,5-6H2,2-3H3,(H,9,10). The molecule has 0 saturated carbocycles. The molecule has 0 aromatic carbocycles. The predicted molar refractivity (Wildman–Crippen MR) is 48.9 cm³/mol. The Kier molecular flexibility index (Phi) is 4.26. The molecular formula is C8H14O2S. The number of rotatable bonds is 5. The zero-order valence-corrected chi connectivity index (χ0v) is 7.78. The Labute approximate surface area is 71.7 Å². The molecule has 0 aromatic heterocycles. The summed E-state index contributed by atoms with van der Waals surface area (Å²) in [6.45, 7) is 5.21. The van der Waals surface area contributed by atoms with Crippen LogP contribution in [0.5, 0.6) is 0 Å². The van der Waals surface area contributed by atoms with E-state index in [9.17, 15) is 4.79 Å². The fourth-order valence-electron chi connectivity index (χ4n) is 0.610. The topological polar surface area (TPSA) is 37.3 Å². The first kappa shape index (κ1) is 10.6. The van der Waals surface area contributed by atoms with Gasteiger partial charge in [-0.2, -0.15) is 11.8 Å². The highest BCUT2D eigenvalue weighted by atomic mass is 32.2. The minimum atomic E-state index is -0.790. The van der Waals surface area contributed by atoms with Crippen molar-refractivity contribution in [2.75, 3.05) is 12.0 Å². The van der Waals surface area contributed by atoms with Crippen molar-refractivity contribution in [3.8, 4) is 0 Å². The van der Waals surface area contributed by atoms with E-state index in [0.717, 1.165) is 5.75 Å². The first-order chi connectivity index (χ1) is 5.06. The van der Waals surface area contributed by atoms with Gasteiger partial charge in [0.2, 0.25) is 0 Å². The van der Waals surface area contributed by atoms with Crippen molar-refractivity contribution < 1.29 is 9.90 Å². The van der Waals surface area contributed by atoms with Crippen LogP contribution in [-0.2, 0) is 4.79 Å². The maximum Gasteiger partial charge on any atom is 0.313 e. The van der Waals surface area contributed by atoms with E-state index in [1.807, 2.05) is 6.26 Å². The van der Waals surface area contributed by atoms with Gasteiger partial charge >= 0.3 is 5.97 Å². The van der Waals surface area contributed by atoms with Crippen LogP contribution >= 0.6 is 11.8 Å². The summed E-state index contributed by atoms with van der Waals surface area (Å²) in [5, 5.41) is 8.78. The zero-order chi connectivity index (χ0) is 8.91. The Hall–Kier alpha value is -0.440. The van der Waals surface area contributed by atoms with Crippen molar-refractivity contribution in [3.63, 3.8) is 0 Å². The van der Waals surface area contributed by atoms with E-state index < -0.39 is 11.4 Å². The highest BCUT2D eigenvalue weighted by Gasteiger charge is 2.28. The van der Waals surface area contributed by atoms with Crippen LogP contribution in [-0.4, -0.2) is 23.1 Å². The number of hydrogen-bond acceptors (Lipinski definition) is 2. The number of carboxylic acid groups (broad SMARTS) is 1. The average molecular weight is 174 g/mol. The van der Waals surface area contributed by atoms with Crippen LogP contribution in [0.1, 0.15) is 13.3 Å². The Morgan fingerprint density at radius 3 is 2.64 bits per heavy atom. The lowest BCUT2D eigenvalue weighted by Crippen LogP contribution is -2.25. The lowest BCUT2D eigenvalue weighted by Gasteiger charge is -2.18. The van der Waals surface area contributed by atoms with Gasteiger partial charge in [0.05, 0.1) is 5.41 Å². The van der Waals surface area contributed by atoms with Gasteiger partial charge in [0.25, 0.3) is 0 Å². The van der Waals surface area contributed by atoms with Gasteiger partial charge in [0, 0.05) is 0 Å². The van der Waals surface area contributed by atoms with Gasteiger partial charge in [-0.25, -0.2) is 0 Å². The fourth-order valence-corrected chi connectivity index (χ4v) is 1.24. The molecule has 1 unspecified atom stereocenters. The van der Waals surface area contributed by atoms with Crippen molar-refractivity contribution in [1.29, 1.82) is 0 Å². The number of thioether (sulfide) groups is 1.